The van der Waals surface area contributed by atoms with Crippen molar-refractivity contribution in [3.05, 3.63) is 35.5 Å². The van der Waals surface area contributed by atoms with Crippen molar-refractivity contribution < 1.29 is 20.5 Å². The molecule has 2 heterocycles. The van der Waals surface area contributed by atoms with Gasteiger partial charge in [-0.3, -0.25) is 0 Å². The number of aromatic amines is 1. The molecule has 1 aliphatic rings. The van der Waals surface area contributed by atoms with Crippen LogP contribution in [0.2, 0.25) is 0 Å². The second-order valence-corrected chi connectivity index (χ2v) is 4.77. The molecule has 1 amide bonds. The fraction of sp³-hybridized carbons (Fsp3) is 0.438. The Morgan fingerprint density at radius 3 is 3.29 bits per heavy atom. The minimum atomic E-state index is -2.61. The number of H-pyrrole nitrogens is 1. The Bertz CT molecular complexity index is 942. The Kier molecular flexibility index (Phi) is 2.01. The summed E-state index contributed by atoms with van der Waals surface area (Å²) >= 11 is 0. The van der Waals surface area contributed by atoms with Crippen LogP contribution < -0.4 is 5.32 Å². The van der Waals surface area contributed by atoms with Gasteiger partial charge in [0.1, 0.15) is 6.61 Å². The first kappa shape index (κ1) is 7.31. The van der Waals surface area contributed by atoms with E-state index in [1.54, 1.807) is 12.3 Å². The van der Waals surface area contributed by atoms with Crippen molar-refractivity contribution in [2.24, 2.45) is 0 Å². The molecule has 0 radical (unpaired) electrons. The van der Waals surface area contributed by atoms with Gasteiger partial charge in [-0.05, 0) is 50.1 Å². The molecule has 5 nitrogen and oxygen atoms in total. The first-order valence-corrected chi connectivity index (χ1v) is 6.47. The SMILES string of the molecule is [2H]C([2H])([2H])N(C)C([2H])([2H])Cc1c[nH]c2ccc(C([2H])([2H])[C@@]3([2H])COC(=O)N3)cc12. The van der Waals surface area contributed by atoms with E-state index < -0.39 is 38.6 Å². The summed E-state index contributed by atoms with van der Waals surface area (Å²) in [6, 6.07) is 2.54. The molecule has 1 atom stereocenters. The number of hydrogen-bond acceptors (Lipinski definition) is 3. The number of amides is 1. The van der Waals surface area contributed by atoms with Crippen LogP contribution in [0.3, 0.4) is 0 Å². The van der Waals surface area contributed by atoms with Gasteiger partial charge < -0.3 is 19.9 Å². The maximum atomic E-state index is 11.3. The number of rotatable bonds is 5. The molecule has 1 aromatic heterocycles. The highest BCUT2D eigenvalue weighted by Gasteiger charge is 2.22. The number of cyclic esters (lactones) is 1. The van der Waals surface area contributed by atoms with Crippen molar-refractivity contribution in [2.45, 2.75) is 18.8 Å². The Hall–Kier alpha value is -2.01. The first-order chi connectivity index (χ1) is 13.2. The average Bonchev–Trinajstić information content (AvgIpc) is 3.16. The van der Waals surface area contributed by atoms with E-state index in [9.17, 15) is 4.79 Å². The lowest BCUT2D eigenvalue weighted by molar-refractivity contribution is 0.177. The molecule has 2 N–H and O–H groups in total. The third kappa shape index (κ3) is 3.19. The second kappa shape index (κ2) is 5.77. The predicted molar refractivity (Wildman–Crippen MR) is 82.5 cm³/mol. The summed E-state index contributed by atoms with van der Waals surface area (Å²) in [7, 11) is 1.18. The maximum absolute atomic E-state index is 11.3. The van der Waals surface area contributed by atoms with E-state index in [2.05, 4.69) is 10.3 Å². The van der Waals surface area contributed by atoms with E-state index in [0.29, 0.717) is 21.4 Å². The zero-order valence-electron chi connectivity index (χ0n) is 19.5. The number of nitrogens with one attached hydrogen (secondary N) is 2. The fourth-order valence-corrected chi connectivity index (χ4v) is 2.18. The molecule has 0 bridgehead atoms. The minimum Gasteiger partial charge on any atom is -0.447 e. The molecule has 0 spiro atoms. The third-order valence-electron chi connectivity index (χ3n) is 3.17. The molecule has 0 aliphatic carbocycles. The molecule has 2 aromatic rings. The maximum Gasteiger partial charge on any atom is 0.407 e. The van der Waals surface area contributed by atoms with Crippen LogP contribution >= 0.6 is 0 Å². The van der Waals surface area contributed by atoms with Crippen LogP contribution in [0, 0.1) is 0 Å². The quantitative estimate of drug-likeness (QED) is 0.886. The van der Waals surface area contributed by atoms with Crippen molar-refractivity contribution in [3.8, 4) is 0 Å². The number of aryl methyl sites for hydroxylation is 1. The van der Waals surface area contributed by atoms with Gasteiger partial charge in [0.05, 0.1) is 7.39 Å². The highest BCUT2D eigenvalue weighted by Crippen LogP contribution is 2.21. The fourth-order valence-electron chi connectivity index (χ4n) is 2.18. The Morgan fingerprint density at radius 2 is 2.52 bits per heavy atom. The van der Waals surface area contributed by atoms with Crippen LogP contribution in [0.4, 0.5) is 4.79 Å². The summed E-state index contributed by atoms with van der Waals surface area (Å²) in [4.78, 5) is 15.0. The molecule has 3 rings (SSSR count). The van der Waals surface area contributed by atoms with Gasteiger partial charge in [-0.15, -0.1) is 0 Å². The zero-order valence-corrected chi connectivity index (χ0v) is 11.5. The molecule has 21 heavy (non-hydrogen) atoms. The molecule has 0 saturated carbocycles. The van der Waals surface area contributed by atoms with Gasteiger partial charge in [0.15, 0.2) is 0 Å². The summed E-state index contributed by atoms with van der Waals surface area (Å²) in [5, 5.41) is 2.69. The van der Waals surface area contributed by atoms with E-state index in [1.165, 1.54) is 19.2 Å². The molecule has 0 unspecified atom stereocenters. The van der Waals surface area contributed by atoms with Gasteiger partial charge in [-0.25, -0.2) is 4.79 Å². The van der Waals surface area contributed by atoms with Crippen LogP contribution in [0.25, 0.3) is 10.9 Å². The molecule has 5 heteroatoms. The van der Waals surface area contributed by atoms with Crippen molar-refractivity contribution in [1.82, 2.24) is 15.2 Å². The van der Waals surface area contributed by atoms with Gasteiger partial charge in [-0.1, -0.05) is 6.07 Å². The van der Waals surface area contributed by atoms with Crippen molar-refractivity contribution in [2.75, 3.05) is 27.1 Å². The predicted octanol–water partition coefficient (Wildman–Crippen LogP) is 1.92. The monoisotopic (exact) mass is 295 g/mol. The molecule has 112 valence electrons. The highest BCUT2D eigenvalue weighted by atomic mass is 16.6. The van der Waals surface area contributed by atoms with Gasteiger partial charge >= 0.3 is 6.09 Å². The molecular formula is C16H21N3O2. The normalized spacial score (nSPS) is 29.3. The first-order valence-electron chi connectivity index (χ1n) is 10.5. The van der Waals surface area contributed by atoms with Crippen LogP contribution in [-0.2, 0) is 17.5 Å². The van der Waals surface area contributed by atoms with E-state index >= 15 is 0 Å². The summed E-state index contributed by atoms with van der Waals surface area (Å²) in [6.07, 6.45) is -1.86. The number of carbonyl (C=O) groups is 1. The largest absolute Gasteiger partial charge is 0.447 e. The van der Waals surface area contributed by atoms with Crippen molar-refractivity contribution >= 4 is 17.0 Å². The number of nitrogens with zero attached hydrogens (tertiary/aromatic N) is 1. The smallest absolute Gasteiger partial charge is 0.407 e. The molecule has 1 fully saturated rings. The van der Waals surface area contributed by atoms with Crippen LogP contribution in [0.1, 0.15) is 22.1 Å². The number of fused-ring (bicyclic) bond motifs is 1. The van der Waals surface area contributed by atoms with E-state index in [0.717, 1.165) is 0 Å². The minimum absolute atomic E-state index is 0.108. The number of hydrogen-bond donors (Lipinski definition) is 2. The molecule has 1 aromatic carbocycles. The lowest BCUT2D eigenvalue weighted by Gasteiger charge is -2.09. The number of aromatic nitrogens is 1. The highest BCUT2D eigenvalue weighted by molar-refractivity contribution is 5.84. The van der Waals surface area contributed by atoms with Crippen LogP contribution in [0.15, 0.2) is 24.4 Å². The van der Waals surface area contributed by atoms with E-state index in [1.807, 2.05) is 0 Å². The summed E-state index contributed by atoms with van der Waals surface area (Å²) < 4.78 is 68.4. The Labute approximate surface area is 135 Å². The molecule has 1 aliphatic heterocycles. The Balaban J connectivity index is 1.98. The summed E-state index contributed by atoms with van der Waals surface area (Å²) in [6.45, 7) is -5.25. The van der Waals surface area contributed by atoms with Gasteiger partial charge in [-0.2, -0.15) is 0 Å². The second-order valence-electron chi connectivity index (χ2n) is 4.77. The van der Waals surface area contributed by atoms with Crippen LogP contribution in [0.5, 0.6) is 0 Å². The van der Waals surface area contributed by atoms with E-state index in [4.69, 9.17) is 15.7 Å². The number of benzene rings is 1. The lowest BCUT2D eigenvalue weighted by Crippen LogP contribution is -2.28. The number of ether oxygens (including phenoxy) is 1. The van der Waals surface area contributed by atoms with Crippen molar-refractivity contribution in [3.63, 3.8) is 0 Å². The standard InChI is InChI=1S/C16H21N3O2/c1-19(2)6-5-12-9-17-15-4-3-11(8-14(12)15)7-13-10-21-16(20)18-13/h3-4,8-9,13,17H,5-7,10H2,1-2H3,(H,18,20)/t13-/m0/s1/i1D3,6D2,7D2,13D. The van der Waals surface area contributed by atoms with E-state index in [-0.39, 0.29) is 12.0 Å². The number of carbonyl (C=O) groups excluding carboxylic acids is 1. The zero-order chi connectivity index (χ0) is 21.8. The number of alkyl carbamates (subject to hydrolysis) is 1. The summed E-state index contributed by atoms with van der Waals surface area (Å²) in [5.74, 6) is 0. The molecule has 1 saturated heterocycles. The van der Waals surface area contributed by atoms with Gasteiger partial charge in [0.25, 0.3) is 0 Å². The average molecular weight is 295 g/mol. The number of likely N-dealkylation sites (N-methyl/N-ethyl adjacent to an activating group) is 1. The topological polar surface area (TPSA) is 57.4 Å². The Morgan fingerprint density at radius 1 is 1.62 bits per heavy atom. The summed E-state index contributed by atoms with van der Waals surface area (Å²) in [5.41, 5.74) is 1.18. The van der Waals surface area contributed by atoms with Gasteiger partial charge in [0, 0.05) is 33.2 Å². The third-order valence-corrected chi connectivity index (χ3v) is 3.17. The van der Waals surface area contributed by atoms with Gasteiger partial charge in [0.2, 0.25) is 0 Å². The van der Waals surface area contributed by atoms with Crippen molar-refractivity contribution in [1.29, 1.82) is 0 Å². The van der Waals surface area contributed by atoms with Crippen LogP contribution in [-0.4, -0.2) is 49.1 Å². The molecular weight excluding hydrogens is 266 g/mol. The lowest BCUT2D eigenvalue weighted by atomic mass is 10.0.